The summed E-state index contributed by atoms with van der Waals surface area (Å²) >= 11 is 1.67. The second-order valence-corrected chi connectivity index (χ2v) is 5.03. The molecular formula is C14H15NS. The predicted octanol–water partition coefficient (Wildman–Crippen LogP) is 3.76. The third-order valence-electron chi connectivity index (χ3n) is 3.34. The summed E-state index contributed by atoms with van der Waals surface area (Å²) in [6.07, 6.45) is 8.15. The van der Waals surface area contributed by atoms with Crippen molar-refractivity contribution in [3.63, 3.8) is 0 Å². The number of allylic oxidation sites excluding steroid dienone is 3. The fourth-order valence-electron chi connectivity index (χ4n) is 2.58. The molecule has 1 atom stereocenters. The van der Waals surface area contributed by atoms with Gasteiger partial charge < -0.3 is 4.72 Å². The smallest absolute Gasteiger partial charge is 0.0289 e. The van der Waals surface area contributed by atoms with Gasteiger partial charge in [-0.15, -0.1) is 0 Å². The van der Waals surface area contributed by atoms with Crippen molar-refractivity contribution in [3.05, 3.63) is 58.6 Å². The Morgan fingerprint density at radius 3 is 3.06 bits per heavy atom. The first-order chi connectivity index (χ1) is 7.95. The monoisotopic (exact) mass is 229 g/mol. The highest BCUT2D eigenvalue weighted by Crippen LogP contribution is 2.37. The molecule has 0 saturated carbocycles. The minimum absolute atomic E-state index is 0.572. The highest BCUT2D eigenvalue weighted by molar-refractivity contribution is 8.00. The van der Waals surface area contributed by atoms with E-state index in [0.29, 0.717) is 5.92 Å². The molecule has 0 radical (unpaired) electrons. The average Bonchev–Trinajstić information content (AvgIpc) is 2.39. The van der Waals surface area contributed by atoms with Crippen molar-refractivity contribution in [2.45, 2.75) is 25.2 Å². The van der Waals surface area contributed by atoms with E-state index in [1.165, 1.54) is 36.1 Å². The van der Waals surface area contributed by atoms with Crippen LogP contribution in [0.25, 0.3) is 0 Å². The number of fused-ring (bicyclic) bond motifs is 1. The van der Waals surface area contributed by atoms with Crippen LogP contribution in [0.15, 0.2) is 47.5 Å². The van der Waals surface area contributed by atoms with Gasteiger partial charge in [-0.1, -0.05) is 30.3 Å². The maximum absolute atomic E-state index is 3.42. The highest BCUT2D eigenvalue weighted by Gasteiger charge is 2.23. The molecule has 1 aromatic carbocycles. The summed E-state index contributed by atoms with van der Waals surface area (Å²) < 4.78 is 3.42. The Morgan fingerprint density at radius 1 is 1.25 bits per heavy atom. The van der Waals surface area contributed by atoms with Crippen LogP contribution in [0.3, 0.4) is 0 Å². The minimum Gasteiger partial charge on any atom is -0.329 e. The van der Waals surface area contributed by atoms with Crippen LogP contribution < -0.4 is 4.72 Å². The Labute approximate surface area is 101 Å². The third-order valence-corrected chi connectivity index (χ3v) is 3.99. The van der Waals surface area contributed by atoms with Gasteiger partial charge in [0.25, 0.3) is 0 Å². The molecule has 2 aliphatic rings. The summed E-state index contributed by atoms with van der Waals surface area (Å²) in [5, 5.41) is 2.08. The molecule has 82 valence electrons. The minimum atomic E-state index is 0.572. The lowest BCUT2D eigenvalue weighted by molar-refractivity contribution is 0.597. The Kier molecular flexibility index (Phi) is 2.75. The first kappa shape index (κ1) is 10.0. The largest absolute Gasteiger partial charge is 0.329 e. The number of benzene rings is 1. The van der Waals surface area contributed by atoms with Crippen LogP contribution in [0.5, 0.6) is 0 Å². The Bertz CT molecular complexity index is 448. The van der Waals surface area contributed by atoms with Crippen molar-refractivity contribution in [1.29, 1.82) is 0 Å². The van der Waals surface area contributed by atoms with Gasteiger partial charge in [0.2, 0.25) is 0 Å². The summed E-state index contributed by atoms with van der Waals surface area (Å²) in [4.78, 5) is 0. The average molecular weight is 229 g/mol. The third kappa shape index (κ3) is 1.78. The number of rotatable bonds is 1. The van der Waals surface area contributed by atoms with Crippen LogP contribution in [0, 0.1) is 0 Å². The van der Waals surface area contributed by atoms with Crippen LogP contribution in [0.1, 0.15) is 29.9 Å². The molecular weight excluding hydrogens is 214 g/mol. The molecule has 1 N–H and O–H groups in total. The van der Waals surface area contributed by atoms with Crippen molar-refractivity contribution in [3.8, 4) is 0 Å². The lowest BCUT2D eigenvalue weighted by Crippen LogP contribution is -2.18. The van der Waals surface area contributed by atoms with Crippen molar-refractivity contribution >= 4 is 11.9 Å². The van der Waals surface area contributed by atoms with Gasteiger partial charge in [-0.3, -0.25) is 0 Å². The summed E-state index contributed by atoms with van der Waals surface area (Å²) in [5.74, 6) is 0.572. The van der Waals surface area contributed by atoms with Crippen molar-refractivity contribution in [2.24, 2.45) is 0 Å². The molecule has 0 fully saturated rings. The highest BCUT2D eigenvalue weighted by atomic mass is 32.2. The van der Waals surface area contributed by atoms with E-state index in [-0.39, 0.29) is 0 Å². The Hall–Kier alpha value is -1.15. The number of hydrogen-bond acceptors (Lipinski definition) is 2. The van der Waals surface area contributed by atoms with Gasteiger partial charge in [0.1, 0.15) is 0 Å². The molecule has 1 unspecified atom stereocenters. The molecule has 0 saturated heterocycles. The summed E-state index contributed by atoms with van der Waals surface area (Å²) in [6, 6.07) is 8.86. The zero-order valence-corrected chi connectivity index (χ0v) is 9.96. The van der Waals surface area contributed by atoms with Crippen LogP contribution >= 0.6 is 11.9 Å². The molecule has 1 aliphatic heterocycles. The molecule has 1 nitrogen and oxygen atoms in total. The van der Waals surface area contributed by atoms with Gasteiger partial charge in [0.15, 0.2) is 0 Å². The van der Waals surface area contributed by atoms with Crippen molar-refractivity contribution < 1.29 is 0 Å². The lowest BCUT2D eigenvalue weighted by Gasteiger charge is -2.28. The van der Waals surface area contributed by atoms with E-state index in [2.05, 4.69) is 46.5 Å². The van der Waals surface area contributed by atoms with Gasteiger partial charge >= 0.3 is 0 Å². The van der Waals surface area contributed by atoms with E-state index < -0.39 is 0 Å². The molecule has 1 heterocycles. The maximum atomic E-state index is 3.42. The fraction of sp³-hybridized carbons (Fsp3) is 0.286. The fourth-order valence-corrected chi connectivity index (χ4v) is 3.15. The molecule has 1 aliphatic carbocycles. The van der Waals surface area contributed by atoms with Gasteiger partial charge in [-0.25, -0.2) is 0 Å². The molecule has 16 heavy (non-hydrogen) atoms. The quantitative estimate of drug-likeness (QED) is 0.736. The first-order valence-electron chi connectivity index (χ1n) is 5.81. The second kappa shape index (κ2) is 4.38. The Morgan fingerprint density at radius 2 is 2.19 bits per heavy atom. The topological polar surface area (TPSA) is 12.0 Å². The molecule has 0 spiro atoms. The number of hydrogen-bond donors (Lipinski definition) is 1. The zero-order chi connectivity index (χ0) is 10.8. The van der Waals surface area contributed by atoms with Crippen molar-refractivity contribution in [2.75, 3.05) is 0 Å². The Balaban J connectivity index is 1.98. The van der Waals surface area contributed by atoms with E-state index >= 15 is 0 Å². The van der Waals surface area contributed by atoms with E-state index in [4.69, 9.17) is 0 Å². The standard InChI is InChI=1S/C14H15NS/c1-2-7-12-11(5-1)6-3-8-13(12)14-9-4-10-16-15-14/h1-2,4-5,7,9-10,13,15H,3,6,8H2. The van der Waals surface area contributed by atoms with Crippen LogP contribution in [-0.2, 0) is 6.42 Å². The van der Waals surface area contributed by atoms with Gasteiger partial charge in [0.05, 0.1) is 0 Å². The molecule has 0 amide bonds. The maximum Gasteiger partial charge on any atom is 0.0289 e. The van der Waals surface area contributed by atoms with Gasteiger partial charge in [-0.2, -0.15) is 0 Å². The molecule has 0 bridgehead atoms. The summed E-state index contributed by atoms with van der Waals surface area (Å²) in [7, 11) is 0. The molecule has 1 aromatic rings. The summed E-state index contributed by atoms with van der Waals surface area (Å²) in [6.45, 7) is 0. The normalized spacial score (nSPS) is 23.2. The van der Waals surface area contributed by atoms with E-state index in [1.54, 1.807) is 11.9 Å². The summed E-state index contributed by atoms with van der Waals surface area (Å²) in [5.41, 5.74) is 4.41. The lowest BCUT2D eigenvalue weighted by atomic mass is 9.81. The van der Waals surface area contributed by atoms with Crippen LogP contribution in [0.2, 0.25) is 0 Å². The van der Waals surface area contributed by atoms with Crippen LogP contribution in [0.4, 0.5) is 0 Å². The second-order valence-electron chi connectivity index (χ2n) is 4.31. The van der Waals surface area contributed by atoms with Crippen molar-refractivity contribution in [1.82, 2.24) is 4.72 Å². The van der Waals surface area contributed by atoms with Gasteiger partial charge in [0, 0.05) is 11.6 Å². The first-order valence-corrected chi connectivity index (χ1v) is 6.69. The van der Waals surface area contributed by atoms with E-state index in [9.17, 15) is 0 Å². The predicted molar refractivity (Wildman–Crippen MR) is 70.1 cm³/mol. The van der Waals surface area contributed by atoms with E-state index in [0.717, 1.165) is 0 Å². The zero-order valence-electron chi connectivity index (χ0n) is 9.15. The van der Waals surface area contributed by atoms with Gasteiger partial charge in [-0.05, 0) is 53.8 Å². The van der Waals surface area contributed by atoms with Crippen LogP contribution in [-0.4, -0.2) is 0 Å². The van der Waals surface area contributed by atoms with E-state index in [1.807, 2.05) is 0 Å². The molecule has 2 heteroatoms. The molecule has 0 aromatic heterocycles. The number of aryl methyl sites for hydroxylation is 1. The number of nitrogens with one attached hydrogen (secondary N) is 1. The SMILES string of the molecule is C1=CSNC(C2CCCc3ccccc32)=C1. The molecule has 3 rings (SSSR count).